The average molecular weight is 262 g/mol. The smallest absolute Gasteiger partial charge is 0.311 e. The van der Waals surface area contributed by atoms with Crippen molar-refractivity contribution in [3.8, 4) is 0 Å². The lowest BCUT2D eigenvalue weighted by Crippen LogP contribution is -2.49. The molecule has 1 fully saturated rings. The predicted octanol–water partition coefficient (Wildman–Crippen LogP) is 2.21. The Balaban J connectivity index is 2.34. The normalized spacial score (nSPS) is 21.2. The first-order valence-electron chi connectivity index (χ1n) is 6.00. The summed E-state index contributed by atoms with van der Waals surface area (Å²) < 4.78 is 39.8. The molecule has 0 saturated heterocycles. The van der Waals surface area contributed by atoms with Gasteiger partial charge in [-0.15, -0.1) is 0 Å². The van der Waals surface area contributed by atoms with E-state index in [9.17, 15) is 13.2 Å². The molecule has 18 heavy (non-hydrogen) atoms. The molecule has 1 aliphatic rings. The summed E-state index contributed by atoms with van der Waals surface area (Å²) in [5.41, 5.74) is 2.91. The molecule has 1 atom stereocenters. The van der Waals surface area contributed by atoms with Gasteiger partial charge in [-0.05, 0) is 19.8 Å². The van der Waals surface area contributed by atoms with Crippen molar-refractivity contribution >= 4 is 0 Å². The number of nitrogens with two attached hydrogens (primary N) is 1. The monoisotopic (exact) mass is 262 g/mol. The van der Waals surface area contributed by atoms with Crippen LogP contribution < -0.4 is 5.73 Å². The van der Waals surface area contributed by atoms with Crippen LogP contribution in [0.5, 0.6) is 0 Å². The van der Waals surface area contributed by atoms with Crippen LogP contribution in [0.3, 0.4) is 0 Å². The van der Waals surface area contributed by atoms with E-state index < -0.39 is 11.7 Å². The summed E-state index contributed by atoms with van der Waals surface area (Å²) in [5, 5.41) is 4.10. The Morgan fingerprint density at radius 2 is 1.83 bits per heavy atom. The molecule has 1 saturated carbocycles. The van der Waals surface area contributed by atoms with Crippen molar-refractivity contribution < 1.29 is 13.2 Å². The van der Waals surface area contributed by atoms with Crippen molar-refractivity contribution in [1.82, 2.24) is 14.8 Å². The van der Waals surface area contributed by atoms with Crippen LogP contribution in [0.15, 0.2) is 0 Å². The first-order valence-corrected chi connectivity index (χ1v) is 6.00. The van der Waals surface area contributed by atoms with E-state index in [1.165, 1.54) is 7.05 Å². The van der Waals surface area contributed by atoms with Crippen LogP contribution >= 0.6 is 0 Å². The number of hydrogen-bond donors (Lipinski definition) is 1. The van der Waals surface area contributed by atoms with Crippen LogP contribution in [0.1, 0.15) is 50.2 Å². The van der Waals surface area contributed by atoms with Crippen molar-refractivity contribution in [2.45, 2.75) is 50.2 Å². The molecule has 0 aromatic carbocycles. The third kappa shape index (κ3) is 2.11. The number of halogens is 3. The van der Waals surface area contributed by atoms with Crippen LogP contribution in [0.25, 0.3) is 0 Å². The summed E-state index contributed by atoms with van der Waals surface area (Å²) in [5.74, 6) is 0.441. The number of hydrogen-bond acceptors (Lipinski definition) is 3. The van der Waals surface area contributed by atoms with Crippen LogP contribution in [-0.4, -0.2) is 20.9 Å². The summed E-state index contributed by atoms with van der Waals surface area (Å²) in [6.45, 7) is 0.926. The van der Waals surface area contributed by atoms with Crippen LogP contribution in [-0.2, 0) is 12.6 Å². The van der Waals surface area contributed by atoms with E-state index in [2.05, 4.69) is 10.1 Å². The molecular weight excluding hydrogens is 245 g/mol. The van der Waals surface area contributed by atoms with Gasteiger partial charge in [0.15, 0.2) is 17.2 Å². The highest BCUT2D eigenvalue weighted by Crippen LogP contribution is 2.37. The predicted molar refractivity (Wildman–Crippen MR) is 59.8 cm³/mol. The Hall–Kier alpha value is -1.11. The third-order valence-corrected chi connectivity index (χ3v) is 3.55. The molecule has 2 rings (SSSR count). The maximum atomic E-state index is 12.9. The number of rotatable bonds is 2. The Kier molecular flexibility index (Phi) is 3.12. The lowest BCUT2D eigenvalue weighted by atomic mass is 10.0. The van der Waals surface area contributed by atoms with Gasteiger partial charge in [0.05, 0.1) is 0 Å². The van der Waals surface area contributed by atoms with Gasteiger partial charge in [-0.25, -0.2) is 4.98 Å². The highest BCUT2D eigenvalue weighted by Gasteiger charge is 2.52. The molecule has 1 aromatic rings. The van der Waals surface area contributed by atoms with Crippen molar-refractivity contribution in [1.29, 1.82) is 0 Å². The minimum Gasteiger partial charge on any atom is -0.311 e. The van der Waals surface area contributed by atoms with Crippen molar-refractivity contribution in [3.05, 3.63) is 11.6 Å². The van der Waals surface area contributed by atoms with Gasteiger partial charge >= 0.3 is 6.18 Å². The molecule has 1 aliphatic carbocycles. The number of alkyl halides is 3. The van der Waals surface area contributed by atoms with E-state index in [0.717, 1.165) is 37.3 Å². The fourth-order valence-corrected chi connectivity index (χ4v) is 2.34. The van der Waals surface area contributed by atoms with E-state index in [-0.39, 0.29) is 11.7 Å². The zero-order chi connectivity index (χ0) is 13.6. The van der Waals surface area contributed by atoms with Crippen molar-refractivity contribution in [3.63, 3.8) is 0 Å². The molecule has 1 aromatic heterocycles. The van der Waals surface area contributed by atoms with Gasteiger partial charge < -0.3 is 5.73 Å². The maximum absolute atomic E-state index is 12.9. The van der Waals surface area contributed by atoms with Crippen LogP contribution in [0, 0.1) is 0 Å². The summed E-state index contributed by atoms with van der Waals surface area (Å²) >= 11 is 0. The number of aromatic nitrogens is 3. The largest absolute Gasteiger partial charge is 0.413 e. The highest BCUT2D eigenvalue weighted by molar-refractivity contribution is 5.11. The second-order valence-electron chi connectivity index (χ2n) is 5.10. The quantitative estimate of drug-likeness (QED) is 0.889. The van der Waals surface area contributed by atoms with Gasteiger partial charge in [-0.3, -0.25) is 4.68 Å². The second kappa shape index (κ2) is 4.22. The van der Waals surface area contributed by atoms with Gasteiger partial charge in [-0.1, -0.05) is 12.8 Å². The SMILES string of the molecule is Cn1nc(C2CCCC2)nc1C(C)(N)C(F)(F)F. The summed E-state index contributed by atoms with van der Waals surface area (Å²) in [6, 6.07) is 0. The standard InChI is InChI=1S/C11H17F3N4/c1-10(15,11(12,13)14)9-16-8(17-18(9)2)7-5-3-4-6-7/h7H,3-6,15H2,1-2H3. The fraction of sp³-hybridized carbons (Fsp3) is 0.818. The van der Waals surface area contributed by atoms with Crippen LogP contribution in [0.2, 0.25) is 0 Å². The van der Waals surface area contributed by atoms with E-state index in [4.69, 9.17) is 5.73 Å². The highest BCUT2D eigenvalue weighted by atomic mass is 19.4. The fourth-order valence-electron chi connectivity index (χ4n) is 2.34. The first kappa shape index (κ1) is 13.3. The zero-order valence-corrected chi connectivity index (χ0v) is 10.5. The second-order valence-corrected chi connectivity index (χ2v) is 5.10. The molecule has 0 aliphatic heterocycles. The molecule has 1 unspecified atom stereocenters. The molecule has 0 radical (unpaired) electrons. The molecule has 0 spiro atoms. The Bertz CT molecular complexity index is 430. The van der Waals surface area contributed by atoms with Gasteiger partial charge in [-0.2, -0.15) is 18.3 Å². The minimum absolute atomic E-state index is 0.175. The van der Waals surface area contributed by atoms with E-state index in [1.54, 1.807) is 0 Å². The number of aryl methyl sites for hydroxylation is 1. The van der Waals surface area contributed by atoms with Gasteiger partial charge in [0, 0.05) is 13.0 Å². The molecule has 4 nitrogen and oxygen atoms in total. The van der Waals surface area contributed by atoms with E-state index in [1.807, 2.05) is 0 Å². The minimum atomic E-state index is -4.54. The topological polar surface area (TPSA) is 56.7 Å². The molecule has 2 N–H and O–H groups in total. The Morgan fingerprint density at radius 1 is 1.28 bits per heavy atom. The molecule has 0 bridgehead atoms. The molecule has 102 valence electrons. The van der Waals surface area contributed by atoms with Crippen molar-refractivity contribution in [2.24, 2.45) is 12.8 Å². The lowest BCUT2D eigenvalue weighted by molar-refractivity contribution is -0.187. The molecule has 1 heterocycles. The van der Waals surface area contributed by atoms with E-state index in [0.29, 0.717) is 5.82 Å². The lowest BCUT2D eigenvalue weighted by Gasteiger charge is -2.25. The summed E-state index contributed by atoms with van der Waals surface area (Å²) in [4.78, 5) is 4.04. The van der Waals surface area contributed by atoms with E-state index >= 15 is 0 Å². The van der Waals surface area contributed by atoms with Crippen molar-refractivity contribution in [2.75, 3.05) is 0 Å². The Labute approximate surface area is 103 Å². The summed E-state index contributed by atoms with van der Waals surface area (Å²) in [6.07, 6.45) is -0.497. The summed E-state index contributed by atoms with van der Waals surface area (Å²) in [7, 11) is 1.46. The first-order chi connectivity index (χ1) is 8.23. The average Bonchev–Trinajstić information content (AvgIpc) is 2.83. The molecular formula is C11H17F3N4. The molecule has 7 heteroatoms. The van der Waals surface area contributed by atoms with Crippen LogP contribution in [0.4, 0.5) is 13.2 Å². The number of nitrogens with zero attached hydrogens (tertiary/aromatic N) is 3. The van der Waals surface area contributed by atoms with Gasteiger partial charge in [0.25, 0.3) is 0 Å². The maximum Gasteiger partial charge on any atom is 0.413 e. The third-order valence-electron chi connectivity index (χ3n) is 3.55. The Morgan fingerprint density at radius 3 is 2.33 bits per heavy atom. The van der Waals surface area contributed by atoms with Gasteiger partial charge in [0.2, 0.25) is 0 Å². The molecule has 0 amide bonds. The van der Waals surface area contributed by atoms with Gasteiger partial charge in [0.1, 0.15) is 0 Å². The zero-order valence-electron chi connectivity index (χ0n) is 10.5.